The van der Waals surface area contributed by atoms with Gasteiger partial charge in [0.15, 0.2) is 11.5 Å². The van der Waals surface area contributed by atoms with Gasteiger partial charge >= 0.3 is 5.97 Å². The largest absolute Gasteiger partial charge is 0.504 e. The Morgan fingerprint density at radius 3 is 1.64 bits per heavy atom. The number of hydrogen-bond acceptors (Lipinski definition) is 4. The summed E-state index contributed by atoms with van der Waals surface area (Å²) >= 11 is 0. The maximum Gasteiger partial charge on any atom is 0.336 e. The van der Waals surface area contributed by atoms with Gasteiger partial charge in [0.2, 0.25) is 5.75 Å². The number of ether oxygens (including phenoxy) is 2. The minimum absolute atomic E-state index is 0.124. The topological polar surface area (TPSA) is 76.0 Å². The number of aromatic carboxylic acids is 1. The highest BCUT2D eigenvalue weighted by molar-refractivity contribution is 5.92. The van der Waals surface area contributed by atoms with Crippen molar-refractivity contribution in [2.24, 2.45) is 0 Å². The van der Waals surface area contributed by atoms with Gasteiger partial charge in [-0.3, -0.25) is 0 Å². The molecule has 0 bridgehead atoms. The molecule has 0 aliphatic rings. The van der Waals surface area contributed by atoms with Crippen molar-refractivity contribution < 1.29 is 24.5 Å². The summed E-state index contributed by atoms with van der Waals surface area (Å²) in [5.74, 6) is -0.427. The molecule has 0 aliphatic carbocycles. The van der Waals surface area contributed by atoms with E-state index in [1.807, 2.05) is 0 Å². The highest BCUT2D eigenvalue weighted by Gasteiger charge is 2.24. The maximum atomic E-state index is 12.0. The summed E-state index contributed by atoms with van der Waals surface area (Å²) in [4.78, 5) is 12.0. The molecular formula is C28H48O5. The van der Waals surface area contributed by atoms with Gasteiger partial charge in [0.05, 0.1) is 18.8 Å². The maximum absolute atomic E-state index is 12.0. The number of carboxylic acids is 1. The van der Waals surface area contributed by atoms with Crippen molar-refractivity contribution in [3.05, 3.63) is 17.2 Å². The number of aromatic hydroxyl groups is 1. The van der Waals surface area contributed by atoms with Crippen LogP contribution in [0, 0.1) is 0 Å². The lowest BCUT2D eigenvalue weighted by molar-refractivity contribution is 0.0694. The van der Waals surface area contributed by atoms with Crippen molar-refractivity contribution in [2.75, 3.05) is 13.2 Å². The molecule has 0 aliphatic heterocycles. The molecule has 1 aromatic carbocycles. The zero-order chi connectivity index (χ0) is 24.3. The summed E-state index contributed by atoms with van der Waals surface area (Å²) in [6.45, 7) is 7.55. The molecule has 2 N–H and O–H groups in total. The quantitative estimate of drug-likeness (QED) is 0.179. The molecule has 5 nitrogen and oxygen atoms in total. The van der Waals surface area contributed by atoms with Crippen molar-refractivity contribution >= 4 is 5.97 Å². The van der Waals surface area contributed by atoms with Crippen molar-refractivity contribution in [3.8, 4) is 17.2 Å². The average molecular weight is 465 g/mol. The van der Waals surface area contributed by atoms with Crippen LogP contribution in [0.1, 0.15) is 133 Å². The zero-order valence-electron chi connectivity index (χ0n) is 21.4. The Labute approximate surface area is 201 Å². The number of rotatable bonds is 21. The van der Waals surface area contributed by atoms with Gasteiger partial charge in [-0.05, 0) is 31.7 Å². The number of unbranched alkanes of at least 4 members (excludes halogenated alkanes) is 12. The van der Waals surface area contributed by atoms with E-state index in [-0.39, 0.29) is 11.3 Å². The van der Waals surface area contributed by atoms with Crippen molar-refractivity contribution in [1.82, 2.24) is 0 Å². The summed E-state index contributed by atoms with van der Waals surface area (Å²) in [5, 5.41) is 20.4. The fourth-order valence-corrected chi connectivity index (χ4v) is 4.06. The second-order valence-electron chi connectivity index (χ2n) is 9.07. The van der Waals surface area contributed by atoms with E-state index in [0.717, 1.165) is 44.9 Å². The van der Waals surface area contributed by atoms with Gasteiger partial charge in [-0.15, -0.1) is 0 Å². The molecule has 0 radical (unpaired) electrons. The monoisotopic (exact) mass is 464 g/mol. The molecule has 0 atom stereocenters. The first-order chi connectivity index (χ1) is 16.1. The molecule has 1 aromatic rings. The molecule has 0 saturated heterocycles. The standard InChI is InChI=1S/C28H48O5/c1-4-7-10-13-16-19-23-24(28(30)31)22-25(29)27(33-21-18-15-12-9-6-3)26(23)32-20-17-14-11-8-5-2/h22,29H,4-21H2,1-3H3,(H,30,31). The molecule has 0 fully saturated rings. The molecule has 0 spiro atoms. The van der Waals surface area contributed by atoms with Gasteiger partial charge < -0.3 is 19.7 Å². The first-order valence-corrected chi connectivity index (χ1v) is 13.4. The Bertz CT molecular complexity index is 656. The Kier molecular flexibility index (Phi) is 16.3. The predicted molar refractivity (Wildman–Crippen MR) is 136 cm³/mol. The molecule has 0 heterocycles. The third kappa shape index (κ3) is 11.7. The van der Waals surface area contributed by atoms with Crippen LogP contribution in [-0.4, -0.2) is 29.4 Å². The Balaban J connectivity index is 3.00. The first-order valence-electron chi connectivity index (χ1n) is 13.4. The van der Waals surface area contributed by atoms with Gasteiger partial charge in [-0.2, -0.15) is 0 Å². The minimum Gasteiger partial charge on any atom is -0.504 e. The second kappa shape index (κ2) is 18.5. The summed E-state index contributed by atoms with van der Waals surface area (Å²) < 4.78 is 12.1. The number of phenolic OH excluding ortho intramolecular Hbond substituents is 1. The van der Waals surface area contributed by atoms with Crippen LogP contribution in [0.25, 0.3) is 0 Å². The lowest BCUT2D eigenvalue weighted by Crippen LogP contribution is -2.10. The molecule has 1 rings (SSSR count). The minimum atomic E-state index is -1.03. The Morgan fingerprint density at radius 1 is 0.697 bits per heavy atom. The van der Waals surface area contributed by atoms with Crippen LogP contribution in [0.4, 0.5) is 0 Å². The summed E-state index contributed by atoms with van der Waals surface area (Å²) in [7, 11) is 0. The second-order valence-corrected chi connectivity index (χ2v) is 9.07. The molecule has 5 heteroatoms. The third-order valence-corrected chi connectivity index (χ3v) is 6.07. The molecule has 0 amide bonds. The van der Waals surface area contributed by atoms with Crippen molar-refractivity contribution in [2.45, 2.75) is 124 Å². The molecular weight excluding hydrogens is 416 g/mol. The first kappa shape index (κ1) is 29.1. The molecule has 0 aromatic heterocycles. The fraction of sp³-hybridized carbons (Fsp3) is 0.750. The summed E-state index contributed by atoms with van der Waals surface area (Å²) in [6, 6.07) is 1.34. The van der Waals surface area contributed by atoms with E-state index in [0.29, 0.717) is 36.7 Å². The van der Waals surface area contributed by atoms with E-state index in [2.05, 4.69) is 20.8 Å². The van der Waals surface area contributed by atoms with Crippen LogP contribution in [0.2, 0.25) is 0 Å². The molecule has 0 unspecified atom stereocenters. The third-order valence-electron chi connectivity index (χ3n) is 6.07. The number of carbonyl (C=O) groups is 1. The van der Waals surface area contributed by atoms with Crippen LogP contribution >= 0.6 is 0 Å². The van der Waals surface area contributed by atoms with Gasteiger partial charge in [0, 0.05) is 5.56 Å². The summed E-state index contributed by atoms with van der Waals surface area (Å²) in [5.41, 5.74) is 0.783. The molecule has 0 saturated carbocycles. The zero-order valence-corrected chi connectivity index (χ0v) is 21.4. The van der Waals surface area contributed by atoms with Crippen LogP contribution in [0.5, 0.6) is 17.2 Å². The van der Waals surface area contributed by atoms with E-state index in [1.165, 1.54) is 57.4 Å². The van der Waals surface area contributed by atoms with Crippen LogP contribution in [0.15, 0.2) is 6.07 Å². The lowest BCUT2D eigenvalue weighted by atomic mass is 9.98. The highest BCUT2D eigenvalue weighted by Crippen LogP contribution is 2.43. The number of hydrogen-bond donors (Lipinski definition) is 2. The van der Waals surface area contributed by atoms with E-state index in [1.54, 1.807) is 0 Å². The van der Waals surface area contributed by atoms with Crippen LogP contribution < -0.4 is 9.47 Å². The number of carboxylic acid groups (broad SMARTS) is 1. The molecule has 33 heavy (non-hydrogen) atoms. The average Bonchev–Trinajstić information content (AvgIpc) is 2.80. The van der Waals surface area contributed by atoms with Gasteiger partial charge in [0.1, 0.15) is 0 Å². The Morgan fingerprint density at radius 2 is 1.15 bits per heavy atom. The smallest absolute Gasteiger partial charge is 0.336 e. The predicted octanol–water partition coefficient (Wildman–Crippen LogP) is 8.30. The van der Waals surface area contributed by atoms with Crippen LogP contribution in [0.3, 0.4) is 0 Å². The highest BCUT2D eigenvalue weighted by atomic mass is 16.5. The van der Waals surface area contributed by atoms with Gasteiger partial charge in [-0.25, -0.2) is 4.79 Å². The molecule has 190 valence electrons. The Hall–Kier alpha value is -1.91. The van der Waals surface area contributed by atoms with Gasteiger partial charge in [0.25, 0.3) is 0 Å². The van der Waals surface area contributed by atoms with Crippen LogP contribution in [-0.2, 0) is 6.42 Å². The van der Waals surface area contributed by atoms with E-state index < -0.39 is 5.97 Å². The lowest BCUT2D eigenvalue weighted by Gasteiger charge is -2.20. The van der Waals surface area contributed by atoms with E-state index >= 15 is 0 Å². The van der Waals surface area contributed by atoms with E-state index in [4.69, 9.17) is 9.47 Å². The van der Waals surface area contributed by atoms with Crippen molar-refractivity contribution in [1.29, 1.82) is 0 Å². The number of phenols is 1. The number of benzene rings is 1. The fourth-order valence-electron chi connectivity index (χ4n) is 4.06. The SMILES string of the molecule is CCCCCCCOc1c(O)cc(C(=O)O)c(CCCCCCC)c1OCCCCCCC. The summed E-state index contributed by atoms with van der Waals surface area (Å²) in [6.07, 6.45) is 17.2. The van der Waals surface area contributed by atoms with Gasteiger partial charge in [-0.1, -0.05) is 97.8 Å². The van der Waals surface area contributed by atoms with E-state index in [9.17, 15) is 15.0 Å². The normalized spacial score (nSPS) is 11.0. The van der Waals surface area contributed by atoms with Crippen molar-refractivity contribution in [3.63, 3.8) is 0 Å².